The number of nitrogens with one attached hydrogen (secondary N) is 2. The number of carbonyl (C=O) groups excluding carboxylic acids is 1. The van der Waals surface area contributed by atoms with Gasteiger partial charge in [0.2, 0.25) is 5.89 Å². The largest absolute Gasteiger partial charge is 0.438 e. The van der Waals surface area contributed by atoms with Crippen molar-refractivity contribution in [3.05, 3.63) is 47.6 Å². The van der Waals surface area contributed by atoms with Crippen molar-refractivity contribution >= 4 is 22.7 Å². The van der Waals surface area contributed by atoms with E-state index in [4.69, 9.17) is 14.4 Å². The van der Waals surface area contributed by atoms with E-state index >= 15 is 0 Å². The van der Waals surface area contributed by atoms with E-state index in [0.717, 1.165) is 0 Å². The van der Waals surface area contributed by atoms with Gasteiger partial charge in [0.05, 0.1) is 5.56 Å². The Labute approximate surface area is 125 Å². The van der Waals surface area contributed by atoms with Crippen molar-refractivity contribution < 1.29 is 13.9 Å². The summed E-state index contributed by atoms with van der Waals surface area (Å²) in [5.41, 5.74) is 2.56. The number of anilines is 1. The van der Waals surface area contributed by atoms with Gasteiger partial charge in [-0.2, -0.15) is 5.26 Å². The summed E-state index contributed by atoms with van der Waals surface area (Å²) in [6.45, 7) is 0.287. The molecule has 22 heavy (non-hydrogen) atoms. The van der Waals surface area contributed by atoms with E-state index in [1.54, 1.807) is 25.3 Å². The lowest BCUT2D eigenvalue weighted by Crippen LogP contribution is -2.12. The molecular weight excluding hydrogens is 284 g/mol. The van der Waals surface area contributed by atoms with Gasteiger partial charge in [0.25, 0.3) is 5.91 Å². The Kier molecular flexibility index (Phi) is 3.60. The van der Waals surface area contributed by atoms with Gasteiger partial charge < -0.3 is 19.5 Å². The summed E-state index contributed by atoms with van der Waals surface area (Å²) in [6.07, 6.45) is 1.48. The minimum atomic E-state index is -0.332. The monoisotopic (exact) mass is 296 g/mol. The van der Waals surface area contributed by atoms with E-state index in [1.165, 1.54) is 12.3 Å². The average molecular weight is 296 g/mol. The maximum Gasteiger partial charge on any atom is 0.272 e. The smallest absolute Gasteiger partial charge is 0.272 e. The van der Waals surface area contributed by atoms with Crippen LogP contribution in [0.1, 0.15) is 21.9 Å². The minimum absolute atomic E-state index is 0.287. The minimum Gasteiger partial charge on any atom is -0.438 e. The van der Waals surface area contributed by atoms with Crippen molar-refractivity contribution in [2.75, 3.05) is 12.4 Å². The van der Waals surface area contributed by atoms with Crippen molar-refractivity contribution in [3.63, 3.8) is 0 Å². The van der Waals surface area contributed by atoms with Crippen LogP contribution in [0.25, 0.3) is 11.1 Å². The second-order valence-corrected chi connectivity index (χ2v) is 4.59. The SMILES string of the molecule is COCc1nc2cc(NC(=O)c3cc(C#N)c[nH]3)ccc2o1. The molecule has 2 aromatic heterocycles. The number of nitrogens with zero attached hydrogens (tertiary/aromatic N) is 2. The van der Waals surface area contributed by atoms with Crippen LogP contribution < -0.4 is 5.32 Å². The van der Waals surface area contributed by atoms with Gasteiger partial charge in [-0.25, -0.2) is 4.98 Å². The Hall–Kier alpha value is -3.11. The van der Waals surface area contributed by atoms with Crippen molar-refractivity contribution in [1.29, 1.82) is 5.26 Å². The molecule has 1 aromatic carbocycles. The summed E-state index contributed by atoms with van der Waals surface area (Å²) in [7, 11) is 1.56. The average Bonchev–Trinajstić information content (AvgIpc) is 3.13. The molecule has 0 fully saturated rings. The van der Waals surface area contributed by atoms with E-state index in [2.05, 4.69) is 15.3 Å². The second-order valence-electron chi connectivity index (χ2n) is 4.59. The summed E-state index contributed by atoms with van der Waals surface area (Å²) in [5.74, 6) is 0.144. The molecule has 2 N–H and O–H groups in total. The van der Waals surface area contributed by atoms with Gasteiger partial charge in [0.1, 0.15) is 23.9 Å². The van der Waals surface area contributed by atoms with Crippen molar-refractivity contribution in [3.8, 4) is 6.07 Å². The highest BCUT2D eigenvalue weighted by molar-refractivity contribution is 6.03. The van der Waals surface area contributed by atoms with Gasteiger partial charge in [-0.1, -0.05) is 0 Å². The number of hydrogen-bond donors (Lipinski definition) is 2. The number of oxazole rings is 1. The number of rotatable bonds is 4. The summed E-state index contributed by atoms with van der Waals surface area (Å²) in [5, 5.41) is 11.5. The fourth-order valence-corrected chi connectivity index (χ4v) is 2.03. The highest BCUT2D eigenvalue weighted by Crippen LogP contribution is 2.21. The number of hydrogen-bond acceptors (Lipinski definition) is 5. The van der Waals surface area contributed by atoms with Crippen LogP contribution in [0.15, 0.2) is 34.9 Å². The third-order valence-electron chi connectivity index (χ3n) is 3.01. The molecule has 0 saturated carbocycles. The summed E-state index contributed by atoms with van der Waals surface area (Å²) < 4.78 is 10.4. The van der Waals surface area contributed by atoms with Crippen LogP contribution in [0.3, 0.4) is 0 Å². The maximum absolute atomic E-state index is 12.1. The summed E-state index contributed by atoms with van der Waals surface area (Å²) in [6, 6.07) is 8.61. The Morgan fingerprint density at radius 2 is 2.36 bits per heavy atom. The van der Waals surface area contributed by atoms with Gasteiger partial charge in [-0.05, 0) is 24.3 Å². The molecule has 0 radical (unpaired) electrons. The standard InChI is InChI=1S/C15H12N4O3/c1-21-8-14-19-11-5-10(2-3-13(11)22-14)18-15(20)12-4-9(6-16)7-17-12/h2-5,7,17H,8H2,1H3,(H,18,20). The first-order valence-electron chi connectivity index (χ1n) is 6.48. The predicted octanol–water partition coefficient (Wildman–Crippen LogP) is 2.43. The number of ether oxygens (including phenoxy) is 1. The summed E-state index contributed by atoms with van der Waals surface area (Å²) >= 11 is 0. The van der Waals surface area contributed by atoms with E-state index in [1.807, 2.05) is 6.07 Å². The zero-order valence-corrected chi connectivity index (χ0v) is 11.7. The molecule has 0 saturated heterocycles. The molecule has 0 aliphatic heterocycles. The van der Waals surface area contributed by atoms with Crippen LogP contribution in [0, 0.1) is 11.3 Å². The van der Waals surface area contributed by atoms with Crippen LogP contribution >= 0.6 is 0 Å². The van der Waals surface area contributed by atoms with Crippen LogP contribution in [-0.4, -0.2) is 23.0 Å². The molecule has 0 aliphatic carbocycles. The molecule has 0 aliphatic rings. The quantitative estimate of drug-likeness (QED) is 0.769. The molecular formula is C15H12N4O3. The second kappa shape index (κ2) is 5.71. The van der Waals surface area contributed by atoms with Gasteiger partial charge in [0.15, 0.2) is 5.58 Å². The summed E-state index contributed by atoms with van der Waals surface area (Å²) in [4.78, 5) is 19.1. The molecule has 0 bridgehead atoms. The van der Waals surface area contributed by atoms with E-state index in [0.29, 0.717) is 33.9 Å². The van der Waals surface area contributed by atoms with Crippen LogP contribution in [0.2, 0.25) is 0 Å². The molecule has 110 valence electrons. The number of nitriles is 1. The van der Waals surface area contributed by atoms with Crippen LogP contribution in [0.4, 0.5) is 5.69 Å². The van der Waals surface area contributed by atoms with Gasteiger partial charge in [-0.15, -0.1) is 0 Å². The highest BCUT2D eigenvalue weighted by Gasteiger charge is 2.11. The molecule has 3 aromatic rings. The Morgan fingerprint density at radius 3 is 3.09 bits per heavy atom. The number of aromatic amines is 1. The van der Waals surface area contributed by atoms with Gasteiger partial charge >= 0.3 is 0 Å². The molecule has 0 unspecified atom stereocenters. The number of benzene rings is 1. The lowest BCUT2D eigenvalue weighted by molar-refractivity contribution is 0.102. The molecule has 7 nitrogen and oxygen atoms in total. The van der Waals surface area contributed by atoms with Crippen molar-refractivity contribution in [2.24, 2.45) is 0 Å². The van der Waals surface area contributed by atoms with E-state index in [9.17, 15) is 4.79 Å². The van der Waals surface area contributed by atoms with Crippen LogP contribution in [-0.2, 0) is 11.3 Å². The fourth-order valence-electron chi connectivity index (χ4n) is 2.03. The number of aromatic nitrogens is 2. The highest BCUT2D eigenvalue weighted by atomic mass is 16.5. The number of methoxy groups -OCH3 is 1. The molecule has 0 spiro atoms. The molecule has 1 amide bonds. The topological polar surface area (TPSA) is 104 Å². The Balaban J connectivity index is 1.81. The maximum atomic E-state index is 12.1. The lowest BCUT2D eigenvalue weighted by atomic mass is 10.2. The normalized spacial score (nSPS) is 10.5. The van der Waals surface area contributed by atoms with E-state index in [-0.39, 0.29) is 12.5 Å². The zero-order chi connectivity index (χ0) is 15.5. The van der Waals surface area contributed by atoms with Gasteiger partial charge in [0, 0.05) is 19.0 Å². The molecule has 0 atom stereocenters. The van der Waals surface area contributed by atoms with Crippen LogP contribution in [0.5, 0.6) is 0 Å². The molecule has 2 heterocycles. The van der Waals surface area contributed by atoms with E-state index < -0.39 is 0 Å². The molecule has 7 heteroatoms. The number of H-pyrrole nitrogens is 1. The first-order chi connectivity index (χ1) is 10.7. The Bertz CT molecular complexity index is 872. The first kappa shape index (κ1) is 13.9. The van der Waals surface area contributed by atoms with Gasteiger partial charge in [-0.3, -0.25) is 4.79 Å². The predicted molar refractivity (Wildman–Crippen MR) is 78.2 cm³/mol. The zero-order valence-electron chi connectivity index (χ0n) is 11.7. The number of carbonyl (C=O) groups is 1. The number of fused-ring (bicyclic) bond motifs is 1. The fraction of sp³-hybridized carbons (Fsp3) is 0.133. The lowest BCUT2D eigenvalue weighted by Gasteiger charge is -2.02. The number of amides is 1. The van der Waals surface area contributed by atoms with Crippen molar-refractivity contribution in [1.82, 2.24) is 9.97 Å². The molecule has 3 rings (SSSR count). The first-order valence-corrected chi connectivity index (χ1v) is 6.48. The van der Waals surface area contributed by atoms with Crippen molar-refractivity contribution in [2.45, 2.75) is 6.61 Å². The third kappa shape index (κ3) is 2.68. The third-order valence-corrected chi connectivity index (χ3v) is 3.01. The Morgan fingerprint density at radius 1 is 1.50 bits per heavy atom.